The normalized spacial score (nSPS) is 16.6. The Hall–Kier alpha value is -1.66. The van der Waals surface area contributed by atoms with Crippen molar-refractivity contribution in [2.75, 3.05) is 46.4 Å². The number of benzene rings is 1. The Morgan fingerprint density at radius 1 is 1.33 bits per heavy atom. The highest BCUT2D eigenvalue weighted by atomic mass is 19.1. The zero-order valence-corrected chi connectivity index (χ0v) is 12.3. The molecule has 1 heterocycles. The molecule has 1 aliphatic heterocycles. The van der Waals surface area contributed by atoms with Crippen LogP contribution in [0.15, 0.2) is 18.2 Å². The summed E-state index contributed by atoms with van der Waals surface area (Å²) in [7, 11) is 1.44. The van der Waals surface area contributed by atoms with E-state index in [0.29, 0.717) is 19.6 Å². The highest BCUT2D eigenvalue weighted by Crippen LogP contribution is 2.23. The lowest BCUT2D eigenvalue weighted by Crippen LogP contribution is -2.37. The fourth-order valence-electron chi connectivity index (χ4n) is 2.62. The summed E-state index contributed by atoms with van der Waals surface area (Å²) in [6.45, 7) is 4.31. The van der Waals surface area contributed by atoms with Gasteiger partial charge in [-0.3, -0.25) is 4.79 Å². The summed E-state index contributed by atoms with van der Waals surface area (Å²) in [6.07, 6.45) is 0.864. The molecule has 0 aromatic heterocycles. The molecule has 2 rings (SSSR count). The minimum Gasteiger partial charge on any atom is -0.496 e. The van der Waals surface area contributed by atoms with Crippen molar-refractivity contribution in [3.8, 4) is 5.75 Å². The van der Waals surface area contributed by atoms with E-state index in [0.717, 1.165) is 26.1 Å². The van der Waals surface area contributed by atoms with E-state index < -0.39 is 5.82 Å². The van der Waals surface area contributed by atoms with E-state index >= 15 is 0 Å². The van der Waals surface area contributed by atoms with Crippen LogP contribution in [0.3, 0.4) is 0 Å². The van der Waals surface area contributed by atoms with Crippen molar-refractivity contribution in [1.82, 2.24) is 9.80 Å². The first kappa shape index (κ1) is 15.7. The highest BCUT2D eigenvalue weighted by molar-refractivity contribution is 5.97. The Balaban J connectivity index is 2.13. The molecule has 2 N–H and O–H groups in total. The van der Waals surface area contributed by atoms with Crippen LogP contribution in [-0.4, -0.2) is 62.1 Å². The second-order valence-electron chi connectivity index (χ2n) is 5.09. The van der Waals surface area contributed by atoms with Crippen molar-refractivity contribution in [3.63, 3.8) is 0 Å². The number of methoxy groups -OCH3 is 1. The summed E-state index contributed by atoms with van der Waals surface area (Å²) in [5.74, 6) is -0.565. The third-order valence-corrected chi connectivity index (χ3v) is 3.73. The Labute approximate surface area is 124 Å². The molecular weight excluding hydrogens is 273 g/mol. The van der Waals surface area contributed by atoms with Gasteiger partial charge in [0.25, 0.3) is 5.91 Å². The lowest BCUT2D eigenvalue weighted by atomic mass is 10.1. The molecule has 0 radical (unpaired) electrons. The zero-order valence-electron chi connectivity index (χ0n) is 12.3. The van der Waals surface area contributed by atoms with Gasteiger partial charge in [0, 0.05) is 32.7 Å². The minimum atomic E-state index is -0.539. The number of ether oxygens (including phenoxy) is 1. The van der Waals surface area contributed by atoms with Gasteiger partial charge in [0.05, 0.1) is 7.11 Å². The molecule has 0 atom stereocenters. The SMILES string of the molecule is COc1cccc(F)c1C(=O)N1CCCN(CCN)CC1. The van der Waals surface area contributed by atoms with Crippen LogP contribution in [0.25, 0.3) is 0 Å². The van der Waals surface area contributed by atoms with Gasteiger partial charge in [0.2, 0.25) is 0 Å². The van der Waals surface area contributed by atoms with Crippen LogP contribution < -0.4 is 10.5 Å². The molecule has 21 heavy (non-hydrogen) atoms. The maximum absolute atomic E-state index is 14.0. The van der Waals surface area contributed by atoms with Crippen molar-refractivity contribution < 1.29 is 13.9 Å². The van der Waals surface area contributed by atoms with E-state index in [-0.39, 0.29) is 17.2 Å². The topological polar surface area (TPSA) is 58.8 Å². The standard InChI is InChI=1S/C15H22FN3O2/c1-21-13-5-2-4-12(16)14(13)15(20)19-8-3-7-18(9-6-17)10-11-19/h2,4-5H,3,6-11,17H2,1H3. The lowest BCUT2D eigenvalue weighted by Gasteiger charge is -2.22. The number of halogens is 1. The number of hydrogen-bond donors (Lipinski definition) is 1. The van der Waals surface area contributed by atoms with Crippen molar-refractivity contribution in [2.24, 2.45) is 5.73 Å². The first-order valence-electron chi connectivity index (χ1n) is 7.21. The van der Waals surface area contributed by atoms with Gasteiger partial charge in [-0.05, 0) is 25.1 Å². The predicted molar refractivity (Wildman–Crippen MR) is 79.0 cm³/mol. The molecule has 0 unspecified atom stereocenters. The Morgan fingerprint density at radius 3 is 2.86 bits per heavy atom. The van der Waals surface area contributed by atoms with Crippen LogP contribution in [0, 0.1) is 5.82 Å². The molecule has 6 heteroatoms. The molecule has 0 spiro atoms. The molecule has 0 aliphatic carbocycles. The number of rotatable bonds is 4. The number of nitrogens with zero attached hydrogens (tertiary/aromatic N) is 2. The van der Waals surface area contributed by atoms with E-state index in [1.54, 1.807) is 11.0 Å². The number of nitrogens with two attached hydrogens (primary N) is 1. The molecule has 116 valence electrons. The third-order valence-electron chi connectivity index (χ3n) is 3.73. The van der Waals surface area contributed by atoms with Gasteiger partial charge in [-0.1, -0.05) is 6.07 Å². The maximum Gasteiger partial charge on any atom is 0.260 e. The van der Waals surface area contributed by atoms with E-state index in [1.807, 2.05) is 0 Å². The second kappa shape index (κ2) is 7.38. The first-order chi connectivity index (χ1) is 10.2. The van der Waals surface area contributed by atoms with E-state index in [4.69, 9.17) is 10.5 Å². The molecule has 0 bridgehead atoms. The van der Waals surface area contributed by atoms with Crippen LogP contribution in [0.5, 0.6) is 5.75 Å². The third kappa shape index (κ3) is 3.71. The van der Waals surface area contributed by atoms with Crippen molar-refractivity contribution in [1.29, 1.82) is 0 Å². The quantitative estimate of drug-likeness (QED) is 0.898. The summed E-state index contributed by atoms with van der Waals surface area (Å²) < 4.78 is 19.1. The van der Waals surface area contributed by atoms with Gasteiger partial charge in [-0.2, -0.15) is 0 Å². The zero-order chi connectivity index (χ0) is 15.2. The Morgan fingerprint density at radius 2 is 2.14 bits per heavy atom. The van der Waals surface area contributed by atoms with Gasteiger partial charge in [-0.15, -0.1) is 0 Å². The Kier molecular flexibility index (Phi) is 5.52. The molecule has 1 amide bonds. The van der Waals surface area contributed by atoms with Gasteiger partial charge < -0.3 is 20.3 Å². The predicted octanol–water partition coefficient (Wildman–Crippen LogP) is 0.941. The number of hydrogen-bond acceptors (Lipinski definition) is 4. The molecule has 0 saturated carbocycles. The summed E-state index contributed by atoms with van der Waals surface area (Å²) in [5, 5.41) is 0. The molecule has 1 aromatic rings. The fraction of sp³-hybridized carbons (Fsp3) is 0.533. The number of carbonyl (C=O) groups excluding carboxylic acids is 1. The fourth-order valence-corrected chi connectivity index (χ4v) is 2.62. The lowest BCUT2D eigenvalue weighted by molar-refractivity contribution is 0.0753. The van der Waals surface area contributed by atoms with Gasteiger partial charge in [0.15, 0.2) is 0 Å². The summed E-state index contributed by atoms with van der Waals surface area (Å²) in [5.41, 5.74) is 5.59. The highest BCUT2D eigenvalue weighted by Gasteiger charge is 2.25. The van der Waals surface area contributed by atoms with Crippen LogP contribution >= 0.6 is 0 Å². The van der Waals surface area contributed by atoms with Gasteiger partial charge in [-0.25, -0.2) is 4.39 Å². The molecule has 1 saturated heterocycles. The van der Waals surface area contributed by atoms with Gasteiger partial charge >= 0.3 is 0 Å². The maximum atomic E-state index is 14.0. The molecule has 1 aliphatic rings. The van der Waals surface area contributed by atoms with Crippen molar-refractivity contribution in [2.45, 2.75) is 6.42 Å². The van der Waals surface area contributed by atoms with Crippen LogP contribution in [0.1, 0.15) is 16.8 Å². The average Bonchev–Trinajstić information content (AvgIpc) is 2.72. The van der Waals surface area contributed by atoms with Crippen LogP contribution in [-0.2, 0) is 0 Å². The van der Waals surface area contributed by atoms with E-state index in [2.05, 4.69) is 4.90 Å². The van der Waals surface area contributed by atoms with Crippen molar-refractivity contribution in [3.05, 3.63) is 29.6 Å². The largest absolute Gasteiger partial charge is 0.496 e. The number of amides is 1. The number of carbonyl (C=O) groups is 1. The molecule has 1 aromatic carbocycles. The summed E-state index contributed by atoms with van der Waals surface area (Å²) in [4.78, 5) is 16.5. The molecular formula is C15H22FN3O2. The minimum absolute atomic E-state index is 0.0206. The smallest absolute Gasteiger partial charge is 0.260 e. The van der Waals surface area contributed by atoms with Crippen LogP contribution in [0.4, 0.5) is 4.39 Å². The van der Waals surface area contributed by atoms with Crippen LogP contribution in [0.2, 0.25) is 0 Å². The first-order valence-corrected chi connectivity index (χ1v) is 7.21. The second-order valence-corrected chi connectivity index (χ2v) is 5.09. The molecule has 5 nitrogen and oxygen atoms in total. The van der Waals surface area contributed by atoms with E-state index in [1.165, 1.54) is 19.2 Å². The van der Waals surface area contributed by atoms with Gasteiger partial charge in [0.1, 0.15) is 17.1 Å². The monoisotopic (exact) mass is 295 g/mol. The average molecular weight is 295 g/mol. The van der Waals surface area contributed by atoms with Crippen molar-refractivity contribution >= 4 is 5.91 Å². The Bertz CT molecular complexity index is 496. The molecule has 1 fully saturated rings. The summed E-state index contributed by atoms with van der Waals surface area (Å²) in [6, 6.07) is 4.43. The van der Waals surface area contributed by atoms with E-state index in [9.17, 15) is 9.18 Å². The summed E-state index contributed by atoms with van der Waals surface area (Å²) >= 11 is 0.